The highest BCUT2D eigenvalue weighted by Gasteiger charge is 2.55. The molecule has 5 nitrogen and oxygen atoms in total. The number of nitrogens with zero attached hydrogens (tertiary/aromatic N) is 1. The van der Waals surface area contributed by atoms with Gasteiger partial charge < -0.3 is 10.4 Å². The summed E-state index contributed by atoms with van der Waals surface area (Å²) in [6, 6.07) is 7.14. The molecule has 2 N–H and O–H groups in total. The highest BCUT2D eigenvalue weighted by atomic mass is 19.4. The van der Waals surface area contributed by atoms with Crippen molar-refractivity contribution in [1.82, 2.24) is 10.3 Å². The lowest BCUT2D eigenvalue weighted by atomic mass is 9.53. The number of carbonyl (C=O) groups excluding carboxylic acids is 1. The van der Waals surface area contributed by atoms with Crippen molar-refractivity contribution < 1.29 is 27.9 Å². The van der Waals surface area contributed by atoms with E-state index < -0.39 is 17.7 Å². The van der Waals surface area contributed by atoms with Gasteiger partial charge in [-0.2, -0.15) is 13.2 Å². The topological polar surface area (TPSA) is 79.3 Å². The Morgan fingerprint density at radius 3 is 2.69 bits per heavy atom. The molecule has 0 radical (unpaired) electrons. The minimum atomic E-state index is -4.39. The summed E-state index contributed by atoms with van der Waals surface area (Å²) < 4.78 is 40.0. The van der Waals surface area contributed by atoms with Crippen LogP contribution in [0.2, 0.25) is 0 Å². The summed E-state index contributed by atoms with van der Waals surface area (Å²) in [5.74, 6) is 0.198. The number of carboxylic acid groups (broad SMARTS) is 1. The van der Waals surface area contributed by atoms with Gasteiger partial charge in [0.25, 0.3) is 5.91 Å². The van der Waals surface area contributed by atoms with Gasteiger partial charge in [0.15, 0.2) is 0 Å². The van der Waals surface area contributed by atoms with E-state index in [4.69, 9.17) is 5.11 Å². The lowest BCUT2D eigenvalue weighted by Crippen LogP contribution is -2.41. The van der Waals surface area contributed by atoms with E-state index in [0.29, 0.717) is 28.9 Å². The maximum absolute atomic E-state index is 13.3. The van der Waals surface area contributed by atoms with Crippen LogP contribution in [0.15, 0.2) is 36.7 Å². The first kappa shape index (κ1) is 24.8. The molecule has 8 heteroatoms. The fourth-order valence-corrected chi connectivity index (χ4v) is 7.46. The van der Waals surface area contributed by atoms with Gasteiger partial charge in [-0.3, -0.25) is 14.6 Å². The average molecular weight is 501 g/mol. The molecule has 0 saturated heterocycles. The van der Waals surface area contributed by atoms with Crippen LogP contribution in [-0.2, 0) is 17.4 Å². The first-order valence-corrected chi connectivity index (χ1v) is 12.7. The lowest BCUT2D eigenvalue weighted by Gasteiger charge is -2.51. The number of halogens is 3. The smallest absolute Gasteiger partial charge is 0.417 e. The Hall–Kier alpha value is -2.90. The molecule has 2 saturated carbocycles. The van der Waals surface area contributed by atoms with Gasteiger partial charge in [-0.25, -0.2) is 0 Å². The molecule has 5 unspecified atom stereocenters. The van der Waals surface area contributed by atoms with Crippen LogP contribution in [0.25, 0.3) is 0 Å². The van der Waals surface area contributed by atoms with Crippen LogP contribution in [0.1, 0.15) is 89.9 Å². The number of pyridine rings is 1. The maximum atomic E-state index is 13.3. The van der Waals surface area contributed by atoms with Gasteiger partial charge in [-0.1, -0.05) is 13.0 Å². The molecule has 1 aromatic heterocycles. The third kappa shape index (κ3) is 4.39. The highest BCUT2D eigenvalue weighted by Crippen LogP contribution is 2.65. The predicted molar refractivity (Wildman–Crippen MR) is 128 cm³/mol. The van der Waals surface area contributed by atoms with E-state index in [9.17, 15) is 22.8 Å². The number of aliphatic carboxylic acids is 1. The minimum absolute atomic E-state index is 0.0471. The number of alkyl halides is 3. The first-order chi connectivity index (χ1) is 17.1. The van der Waals surface area contributed by atoms with Gasteiger partial charge in [-0.05, 0) is 103 Å². The average Bonchev–Trinajstić information content (AvgIpc) is 3.20. The normalized spacial score (nSPS) is 29.1. The number of rotatable bonds is 5. The van der Waals surface area contributed by atoms with Crippen molar-refractivity contribution in [2.75, 3.05) is 6.54 Å². The second kappa shape index (κ2) is 9.20. The van der Waals surface area contributed by atoms with E-state index in [1.165, 1.54) is 17.2 Å². The molecule has 36 heavy (non-hydrogen) atoms. The Morgan fingerprint density at radius 2 is 1.94 bits per heavy atom. The monoisotopic (exact) mass is 500 g/mol. The molecule has 2 aromatic rings. The third-order valence-electron chi connectivity index (χ3n) is 9.10. The molecule has 5 rings (SSSR count). The van der Waals surface area contributed by atoms with E-state index in [1.807, 2.05) is 12.1 Å². The fourth-order valence-electron chi connectivity index (χ4n) is 7.46. The van der Waals surface area contributed by atoms with Gasteiger partial charge in [0.2, 0.25) is 0 Å². The molecule has 5 atom stereocenters. The van der Waals surface area contributed by atoms with E-state index in [1.54, 1.807) is 6.20 Å². The maximum Gasteiger partial charge on any atom is 0.417 e. The Bertz CT molecular complexity index is 1180. The van der Waals surface area contributed by atoms with Crippen molar-refractivity contribution in [3.05, 3.63) is 64.5 Å². The van der Waals surface area contributed by atoms with E-state index in [2.05, 4.69) is 23.3 Å². The van der Waals surface area contributed by atoms with Crippen LogP contribution in [-0.4, -0.2) is 28.5 Å². The van der Waals surface area contributed by atoms with Gasteiger partial charge >= 0.3 is 12.1 Å². The summed E-state index contributed by atoms with van der Waals surface area (Å²) in [5.41, 5.74) is 3.02. The van der Waals surface area contributed by atoms with Crippen LogP contribution in [0, 0.1) is 17.3 Å². The molecule has 0 aliphatic heterocycles. The Morgan fingerprint density at radius 1 is 1.14 bits per heavy atom. The molecule has 1 aromatic carbocycles. The highest BCUT2D eigenvalue weighted by molar-refractivity contribution is 5.94. The molecule has 3 aliphatic rings. The number of amides is 1. The SMILES string of the molecule is CC12CCC3c4ccc(C(=O)NCCC(=O)O)cc4CCC3C1CCC2c1cncc(C(F)(F)F)c1. The summed E-state index contributed by atoms with van der Waals surface area (Å²) >= 11 is 0. The zero-order chi connectivity index (χ0) is 25.7. The van der Waals surface area contributed by atoms with Gasteiger partial charge in [0.05, 0.1) is 12.0 Å². The Balaban J connectivity index is 1.34. The van der Waals surface area contributed by atoms with Crippen molar-refractivity contribution in [2.45, 2.75) is 69.9 Å². The number of carboxylic acids is 1. The van der Waals surface area contributed by atoms with Gasteiger partial charge in [0, 0.05) is 24.5 Å². The zero-order valence-corrected chi connectivity index (χ0v) is 20.3. The molecule has 0 bridgehead atoms. The minimum Gasteiger partial charge on any atom is -0.481 e. The zero-order valence-electron chi connectivity index (χ0n) is 20.3. The summed E-state index contributed by atoms with van der Waals surface area (Å²) in [4.78, 5) is 27.1. The Kier molecular flexibility index (Phi) is 6.33. The molecule has 3 aliphatic carbocycles. The first-order valence-electron chi connectivity index (χ1n) is 12.7. The van der Waals surface area contributed by atoms with E-state index >= 15 is 0 Å². The molecule has 1 heterocycles. The van der Waals surface area contributed by atoms with Gasteiger partial charge in [0.1, 0.15) is 0 Å². The van der Waals surface area contributed by atoms with Crippen molar-refractivity contribution in [3.63, 3.8) is 0 Å². The van der Waals surface area contributed by atoms with E-state index in [-0.39, 0.29) is 30.2 Å². The number of aryl methyl sites for hydroxylation is 1. The number of benzene rings is 1. The fraction of sp³-hybridized carbons (Fsp3) is 0.536. The standard InChI is InChI=1S/C28H31F3N2O3/c1-27-10-8-21-20-4-3-17(26(36)33-11-9-25(34)35)12-16(20)2-5-22(21)24(27)7-6-23(27)18-13-19(15-32-14-18)28(29,30)31/h3-4,12-15,21-24H,2,5-11H2,1H3,(H,33,36)(H,34,35). The second-order valence-corrected chi connectivity index (χ2v) is 10.9. The molecule has 1 amide bonds. The van der Waals surface area contributed by atoms with Crippen LogP contribution < -0.4 is 5.32 Å². The molecular weight excluding hydrogens is 469 g/mol. The number of nitrogens with one attached hydrogen (secondary N) is 1. The number of fused-ring (bicyclic) bond motifs is 5. The Labute approximate surface area is 208 Å². The molecule has 2 fully saturated rings. The second-order valence-electron chi connectivity index (χ2n) is 10.9. The predicted octanol–water partition coefficient (Wildman–Crippen LogP) is 5.94. The lowest BCUT2D eigenvalue weighted by molar-refractivity contribution is -0.138. The largest absolute Gasteiger partial charge is 0.481 e. The van der Waals surface area contributed by atoms with Crippen molar-refractivity contribution in [3.8, 4) is 0 Å². The number of carbonyl (C=O) groups is 2. The number of hydrogen-bond acceptors (Lipinski definition) is 3. The van der Waals surface area contributed by atoms with E-state index in [0.717, 1.165) is 44.7 Å². The molecule has 192 valence electrons. The van der Waals surface area contributed by atoms with Crippen LogP contribution in [0.3, 0.4) is 0 Å². The third-order valence-corrected chi connectivity index (χ3v) is 9.10. The van der Waals surface area contributed by atoms with Crippen LogP contribution in [0.4, 0.5) is 13.2 Å². The van der Waals surface area contributed by atoms with Crippen molar-refractivity contribution >= 4 is 11.9 Å². The summed E-state index contributed by atoms with van der Waals surface area (Å²) in [6.07, 6.45) is 3.75. The number of hydrogen-bond donors (Lipinski definition) is 2. The summed E-state index contributed by atoms with van der Waals surface area (Å²) in [6.45, 7) is 2.37. The van der Waals surface area contributed by atoms with Crippen LogP contribution in [0.5, 0.6) is 0 Å². The van der Waals surface area contributed by atoms with Gasteiger partial charge in [-0.15, -0.1) is 0 Å². The van der Waals surface area contributed by atoms with Crippen molar-refractivity contribution in [2.24, 2.45) is 17.3 Å². The number of aromatic nitrogens is 1. The quantitative estimate of drug-likeness (QED) is 0.532. The molecule has 0 spiro atoms. The van der Waals surface area contributed by atoms with Crippen LogP contribution >= 0.6 is 0 Å². The summed E-state index contributed by atoms with van der Waals surface area (Å²) in [7, 11) is 0. The summed E-state index contributed by atoms with van der Waals surface area (Å²) in [5, 5.41) is 11.4. The molecular formula is C28H31F3N2O3. The van der Waals surface area contributed by atoms with Crippen molar-refractivity contribution in [1.29, 1.82) is 0 Å².